The van der Waals surface area contributed by atoms with Crippen LogP contribution in [0, 0.1) is 11.8 Å². The van der Waals surface area contributed by atoms with E-state index in [9.17, 15) is 0 Å². The van der Waals surface area contributed by atoms with Crippen molar-refractivity contribution in [3.8, 4) is 11.8 Å². The van der Waals surface area contributed by atoms with E-state index in [1.807, 2.05) is 25.7 Å². The Morgan fingerprint density at radius 3 is 2.73 bits per heavy atom. The molecule has 0 amide bonds. The fourth-order valence-electron chi connectivity index (χ4n) is 0.730. The number of rotatable bonds is 5. The molecule has 11 heavy (non-hydrogen) atoms. The second-order valence-electron chi connectivity index (χ2n) is 2.28. The third kappa shape index (κ3) is 6.28. The zero-order valence-corrected chi connectivity index (χ0v) is 8.42. The Bertz CT molecular complexity index is 134. The largest absolute Gasteiger partial charge is 0.315 e. The molecule has 1 nitrogen and oxygen atoms in total. The van der Waals surface area contributed by atoms with Gasteiger partial charge in [-0.1, -0.05) is 6.92 Å². The first kappa shape index (κ1) is 10.9. The maximum atomic E-state index is 3.25. The van der Waals surface area contributed by atoms with E-state index < -0.39 is 0 Å². The van der Waals surface area contributed by atoms with Gasteiger partial charge in [0.25, 0.3) is 0 Å². The van der Waals surface area contributed by atoms with Crippen molar-refractivity contribution in [3.05, 3.63) is 0 Å². The highest BCUT2D eigenvalue weighted by Gasteiger charge is 2.01. The van der Waals surface area contributed by atoms with Crippen molar-refractivity contribution in [1.29, 1.82) is 0 Å². The number of hydrogen-bond donors (Lipinski definition) is 1. The monoisotopic (exact) mass is 171 g/mol. The Morgan fingerprint density at radius 1 is 1.55 bits per heavy atom. The Balaban J connectivity index is 3.46. The molecule has 1 N–H and O–H groups in total. The summed E-state index contributed by atoms with van der Waals surface area (Å²) in [7, 11) is 2.00. The molecular weight excluding hydrogens is 154 g/mol. The summed E-state index contributed by atoms with van der Waals surface area (Å²) in [5.41, 5.74) is 0. The summed E-state index contributed by atoms with van der Waals surface area (Å²) in [6, 6.07) is 0.562. The molecule has 0 aromatic heterocycles. The van der Waals surface area contributed by atoms with E-state index in [4.69, 9.17) is 0 Å². The summed E-state index contributed by atoms with van der Waals surface area (Å²) in [5, 5.41) is 3.25. The van der Waals surface area contributed by atoms with Gasteiger partial charge in [0.2, 0.25) is 0 Å². The van der Waals surface area contributed by atoms with Crippen molar-refractivity contribution < 1.29 is 0 Å². The van der Waals surface area contributed by atoms with Gasteiger partial charge in [0.15, 0.2) is 0 Å². The molecule has 1 unspecified atom stereocenters. The number of hydrogen-bond acceptors (Lipinski definition) is 2. The third-order valence-electron chi connectivity index (χ3n) is 1.46. The summed E-state index contributed by atoms with van der Waals surface area (Å²) in [6.07, 6.45) is 0.972. The molecule has 0 saturated heterocycles. The van der Waals surface area contributed by atoms with Crippen molar-refractivity contribution in [3.63, 3.8) is 0 Å². The minimum absolute atomic E-state index is 0.562. The molecule has 0 aromatic rings. The topological polar surface area (TPSA) is 12.0 Å². The Kier molecular flexibility index (Phi) is 7.88. The lowest BCUT2D eigenvalue weighted by atomic mass is 10.2. The van der Waals surface area contributed by atoms with Gasteiger partial charge in [-0.3, -0.25) is 0 Å². The quantitative estimate of drug-likeness (QED) is 0.632. The van der Waals surface area contributed by atoms with Crippen LogP contribution in [0.5, 0.6) is 0 Å². The number of thioether (sulfide) groups is 1. The zero-order chi connectivity index (χ0) is 8.53. The molecule has 0 bridgehead atoms. The van der Waals surface area contributed by atoms with Gasteiger partial charge in [-0.2, -0.15) is 11.8 Å². The summed E-state index contributed by atoms with van der Waals surface area (Å²) in [4.78, 5) is 0. The van der Waals surface area contributed by atoms with Crippen LogP contribution >= 0.6 is 11.8 Å². The van der Waals surface area contributed by atoms with Crippen LogP contribution in [0.3, 0.4) is 0 Å². The molecule has 0 fully saturated rings. The molecule has 0 radical (unpaired) electrons. The minimum Gasteiger partial charge on any atom is -0.315 e. The van der Waals surface area contributed by atoms with Gasteiger partial charge in [-0.05, 0) is 19.7 Å². The van der Waals surface area contributed by atoms with Crippen molar-refractivity contribution >= 4 is 11.8 Å². The van der Waals surface area contributed by atoms with Crippen LogP contribution in [0.1, 0.15) is 20.3 Å². The van der Waals surface area contributed by atoms with Gasteiger partial charge < -0.3 is 5.32 Å². The Labute approximate surface area is 74.3 Å². The van der Waals surface area contributed by atoms with Crippen molar-refractivity contribution in [2.75, 3.05) is 18.6 Å². The summed E-state index contributed by atoms with van der Waals surface area (Å²) < 4.78 is 0. The van der Waals surface area contributed by atoms with Crippen LogP contribution in [0.25, 0.3) is 0 Å². The van der Waals surface area contributed by atoms with Gasteiger partial charge in [0.05, 0.1) is 0 Å². The molecule has 0 rings (SSSR count). The van der Waals surface area contributed by atoms with Gasteiger partial charge in [-0.25, -0.2) is 0 Å². The third-order valence-corrected chi connectivity index (χ3v) is 2.50. The standard InChI is InChI=1S/C9H17NS/c1-4-6-7-9(10-3)8-11-5-2/h9-10H,5,7-8H2,1-3H3. The van der Waals surface area contributed by atoms with Crippen LogP contribution < -0.4 is 5.32 Å². The van der Waals surface area contributed by atoms with Gasteiger partial charge >= 0.3 is 0 Å². The molecule has 0 aliphatic carbocycles. The molecule has 0 heterocycles. The molecule has 0 aliphatic heterocycles. The van der Waals surface area contributed by atoms with E-state index in [1.54, 1.807) is 0 Å². The average Bonchev–Trinajstić information content (AvgIpc) is 2.05. The highest BCUT2D eigenvalue weighted by molar-refractivity contribution is 7.99. The highest BCUT2D eigenvalue weighted by Crippen LogP contribution is 2.03. The normalized spacial score (nSPS) is 11.9. The molecular formula is C9H17NS. The molecule has 0 saturated carbocycles. The maximum absolute atomic E-state index is 3.25. The maximum Gasteiger partial charge on any atom is 0.0264 e. The average molecular weight is 171 g/mol. The van der Waals surface area contributed by atoms with E-state index in [1.165, 1.54) is 11.5 Å². The summed E-state index contributed by atoms with van der Waals surface area (Å²) >= 11 is 1.96. The lowest BCUT2D eigenvalue weighted by Crippen LogP contribution is -2.27. The first-order valence-electron chi connectivity index (χ1n) is 3.99. The summed E-state index contributed by atoms with van der Waals surface area (Å²) in [6.45, 7) is 4.07. The first-order valence-corrected chi connectivity index (χ1v) is 5.15. The SMILES string of the molecule is CC#CCC(CSCC)NC. The summed E-state index contributed by atoms with van der Waals surface area (Å²) in [5.74, 6) is 8.35. The van der Waals surface area contributed by atoms with Gasteiger partial charge in [0, 0.05) is 18.2 Å². The molecule has 0 aliphatic rings. The van der Waals surface area contributed by atoms with Crippen LogP contribution in [0.2, 0.25) is 0 Å². The van der Waals surface area contributed by atoms with E-state index in [2.05, 4.69) is 24.1 Å². The van der Waals surface area contributed by atoms with Crippen molar-refractivity contribution in [2.24, 2.45) is 0 Å². The van der Waals surface area contributed by atoms with Gasteiger partial charge in [0.1, 0.15) is 0 Å². The van der Waals surface area contributed by atoms with E-state index in [-0.39, 0.29) is 0 Å². The molecule has 64 valence electrons. The fourth-order valence-corrected chi connectivity index (χ4v) is 1.53. The first-order chi connectivity index (χ1) is 5.35. The van der Waals surface area contributed by atoms with Crippen LogP contribution in [-0.2, 0) is 0 Å². The van der Waals surface area contributed by atoms with Crippen LogP contribution in [0.15, 0.2) is 0 Å². The van der Waals surface area contributed by atoms with Crippen LogP contribution in [-0.4, -0.2) is 24.6 Å². The van der Waals surface area contributed by atoms with Crippen molar-refractivity contribution in [2.45, 2.75) is 26.3 Å². The molecule has 2 heteroatoms. The predicted octanol–water partition coefficient (Wildman–Crippen LogP) is 1.74. The fraction of sp³-hybridized carbons (Fsp3) is 0.778. The second-order valence-corrected chi connectivity index (χ2v) is 3.59. The smallest absolute Gasteiger partial charge is 0.0264 e. The van der Waals surface area contributed by atoms with E-state index >= 15 is 0 Å². The van der Waals surface area contributed by atoms with E-state index in [0.29, 0.717) is 6.04 Å². The lowest BCUT2D eigenvalue weighted by molar-refractivity contribution is 0.637. The second kappa shape index (κ2) is 7.97. The van der Waals surface area contributed by atoms with Crippen LogP contribution in [0.4, 0.5) is 0 Å². The minimum atomic E-state index is 0.562. The molecule has 0 aromatic carbocycles. The zero-order valence-electron chi connectivity index (χ0n) is 7.61. The van der Waals surface area contributed by atoms with Crippen molar-refractivity contribution in [1.82, 2.24) is 5.32 Å². The van der Waals surface area contributed by atoms with E-state index in [0.717, 1.165) is 6.42 Å². The van der Waals surface area contributed by atoms with Gasteiger partial charge in [-0.15, -0.1) is 11.8 Å². The molecule has 0 spiro atoms. The molecule has 1 atom stereocenters. The predicted molar refractivity (Wildman–Crippen MR) is 53.9 cm³/mol. The lowest BCUT2D eigenvalue weighted by Gasteiger charge is -2.11. The Morgan fingerprint density at radius 2 is 2.27 bits per heavy atom. The Hall–Kier alpha value is -0.130. The highest BCUT2D eigenvalue weighted by atomic mass is 32.2. The number of nitrogens with one attached hydrogen (secondary N) is 1.